The van der Waals surface area contributed by atoms with Crippen molar-refractivity contribution in [2.75, 3.05) is 6.61 Å². The second kappa shape index (κ2) is 2.08. The zero-order valence-electron chi connectivity index (χ0n) is 6.18. The Morgan fingerprint density at radius 1 is 1.64 bits per heavy atom. The summed E-state index contributed by atoms with van der Waals surface area (Å²) in [6, 6.07) is 0. The fourth-order valence-electron chi connectivity index (χ4n) is 1.17. The van der Waals surface area contributed by atoms with Gasteiger partial charge in [-0.2, -0.15) is 0 Å². The van der Waals surface area contributed by atoms with E-state index < -0.39 is 0 Å². The van der Waals surface area contributed by atoms with Crippen LogP contribution >= 0.6 is 0 Å². The molecule has 2 rings (SSSR count). The molecule has 0 radical (unpaired) electrons. The van der Waals surface area contributed by atoms with Gasteiger partial charge in [0, 0.05) is 6.42 Å². The number of aromatic amines is 1. The summed E-state index contributed by atoms with van der Waals surface area (Å²) < 4.78 is 5.13. The third kappa shape index (κ3) is 0.906. The lowest BCUT2D eigenvalue weighted by atomic mass is 10.3. The van der Waals surface area contributed by atoms with Crippen molar-refractivity contribution in [2.45, 2.75) is 13.3 Å². The van der Waals surface area contributed by atoms with Crippen LogP contribution in [0, 0.1) is 6.92 Å². The molecule has 0 amide bonds. The van der Waals surface area contributed by atoms with Crippen LogP contribution in [0.15, 0.2) is 4.79 Å². The van der Waals surface area contributed by atoms with Gasteiger partial charge in [-0.1, -0.05) is 0 Å². The molecule has 1 aliphatic rings. The molecule has 0 saturated heterocycles. The van der Waals surface area contributed by atoms with Gasteiger partial charge < -0.3 is 9.72 Å². The first-order valence-corrected chi connectivity index (χ1v) is 3.50. The summed E-state index contributed by atoms with van der Waals surface area (Å²) in [4.78, 5) is 17.8. The van der Waals surface area contributed by atoms with Crippen molar-refractivity contribution in [2.24, 2.45) is 0 Å². The summed E-state index contributed by atoms with van der Waals surface area (Å²) in [5.74, 6) is 1.11. The first kappa shape index (κ1) is 6.39. The number of H-pyrrole nitrogens is 1. The second-order valence-corrected chi connectivity index (χ2v) is 2.53. The summed E-state index contributed by atoms with van der Waals surface area (Å²) in [7, 11) is 0. The Kier molecular flexibility index (Phi) is 1.21. The van der Waals surface area contributed by atoms with Gasteiger partial charge in [0.2, 0.25) is 5.88 Å². The van der Waals surface area contributed by atoms with Crippen LogP contribution in [0.1, 0.15) is 11.4 Å². The maximum Gasteiger partial charge on any atom is 0.258 e. The van der Waals surface area contributed by atoms with Gasteiger partial charge in [-0.05, 0) is 6.92 Å². The minimum atomic E-state index is -0.0648. The molecule has 1 aromatic rings. The smallest absolute Gasteiger partial charge is 0.258 e. The minimum Gasteiger partial charge on any atom is -0.477 e. The zero-order chi connectivity index (χ0) is 7.84. The van der Waals surface area contributed by atoms with E-state index in [9.17, 15) is 4.79 Å². The summed E-state index contributed by atoms with van der Waals surface area (Å²) in [5, 5.41) is 0. The number of ether oxygens (including phenoxy) is 1. The van der Waals surface area contributed by atoms with Gasteiger partial charge in [-0.15, -0.1) is 0 Å². The van der Waals surface area contributed by atoms with E-state index in [0.717, 1.165) is 0 Å². The molecule has 2 heterocycles. The van der Waals surface area contributed by atoms with Crippen LogP contribution in [0.4, 0.5) is 0 Å². The lowest BCUT2D eigenvalue weighted by Crippen LogP contribution is -2.12. The first-order chi connectivity index (χ1) is 5.27. The van der Waals surface area contributed by atoms with Crippen LogP contribution in [-0.4, -0.2) is 16.6 Å². The number of nitrogens with one attached hydrogen (secondary N) is 1. The molecule has 0 bridgehead atoms. The van der Waals surface area contributed by atoms with Crippen molar-refractivity contribution in [3.63, 3.8) is 0 Å². The molecule has 0 fully saturated rings. The third-order valence-electron chi connectivity index (χ3n) is 1.69. The lowest BCUT2D eigenvalue weighted by molar-refractivity contribution is 0.344. The van der Waals surface area contributed by atoms with Gasteiger partial charge in [0.05, 0.1) is 12.2 Å². The molecule has 0 aromatic carbocycles. The van der Waals surface area contributed by atoms with E-state index in [1.165, 1.54) is 0 Å². The number of aryl methyl sites for hydroxylation is 1. The second-order valence-electron chi connectivity index (χ2n) is 2.53. The van der Waals surface area contributed by atoms with Crippen LogP contribution in [0.25, 0.3) is 0 Å². The Labute approximate surface area is 63.2 Å². The van der Waals surface area contributed by atoms with Crippen molar-refractivity contribution in [1.82, 2.24) is 9.97 Å². The van der Waals surface area contributed by atoms with E-state index in [1.54, 1.807) is 6.92 Å². The topological polar surface area (TPSA) is 55.0 Å². The monoisotopic (exact) mass is 152 g/mol. The number of hydrogen-bond acceptors (Lipinski definition) is 3. The molecule has 58 valence electrons. The van der Waals surface area contributed by atoms with Crippen molar-refractivity contribution in [3.8, 4) is 5.88 Å². The van der Waals surface area contributed by atoms with Crippen LogP contribution in [0.5, 0.6) is 5.88 Å². The van der Waals surface area contributed by atoms with E-state index in [1.807, 2.05) is 0 Å². The van der Waals surface area contributed by atoms with Crippen molar-refractivity contribution < 1.29 is 4.74 Å². The van der Waals surface area contributed by atoms with Crippen LogP contribution in [0.3, 0.4) is 0 Å². The Balaban J connectivity index is 2.70. The van der Waals surface area contributed by atoms with Crippen molar-refractivity contribution in [1.29, 1.82) is 0 Å². The molecule has 0 saturated carbocycles. The largest absolute Gasteiger partial charge is 0.477 e. The Bertz CT molecular complexity index is 343. The molecule has 0 spiro atoms. The van der Waals surface area contributed by atoms with E-state index in [2.05, 4.69) is 9.97 Å². The van der Waals surface area contributed by atoms with Gasteiger partial charge >= 0.3 is 0 Å². The normalized spacial score (nSPS) is 14.3. The third-order valence-corrected chi connectivity index (χ3v) is 1.69. The SMILES string of the molecule is Cc1nc2c(c(=O)[nH]1)CCO2. The molecule has 11 heavy (non-hydrogen) atoms. The molecule has 1 N–H and O–H groups in total. The number of fused-ring (bicyclic) bond motifs is 1. The van der Waals surface area contributed by atoms with Crippen molar-refractivity contribution >= 4 is 0 Å². The number of hydrogen-bond donors (Lipinski definition) is 1. The van der Waals surface area contributed by atoms with Crippen LogP contribution < -0.4 is 10.3 Å². The fraction of sp³-hybridized carbons (Fsp3) is 0.429. The molecule has 4 heteroatoms. The average Bonchev–Trinajstić information content (AvgIpc) is 2.34. The average molecular weight is 152 g/mol. The maximum absolute atomic E-state index is 11.2. The van der Waals surface area contributed by atoms with Crippen LogP contribution in [0.2, 0.25) is 0 Å². The van der Waals surface area contributed by atoms with Gasteiger partial charge in [0.25, 0.3) is 5.56 Å². The van der Waals surface area contributed by atoms with Gasteiger partial charge in [0.15, 0.2) is 0 Å². The standard InChI is InChI=1S/C7H8N2O2/c1-4-8-6(10)5-2-3-11-7(5)9-4/h2-3H2,1H3,(H,8,9,10). The summed E-state index contributed by atoms with van der Waals surface area (Å²) in [6.07, 6.45) is 0.679. The highest BCUT2D eigenvalue weighted by molar-refractivity contribution is 5.27. The molecule has 4 nitrogen and oxygen atoms in total. The number of nitrogens with zero attached hydrogens (tertiary/aromatic N) is 1. The Morgan fingerprint density at radius 3 is 3.27 bits per heavy atom. The number of rotatable bonds is 0. The molecule has 0 unspecified atom stereocenters. The summed E-state index contributed by atoms with van der Waals surface area (Å²) in [5.41, 5.74) is 0.612. The van der Waals surface area contributed by atoms with Crippen molar-refractivity contribution in [3.05, 3.63) is 21.7 Å². The highest BCUT2D eigenvalue weighted by atomic mass is 16.5. The molecule has 0 atom stereocenters. The highest BCUT2D eigenvalue weighted by Crippen LogP contribution is 2.17. The first-order valence-electron chi connectivity index (χ1n) is 3.50. The van der Waals surface area contributed by atoms with Gasteiger partial charge in [-0.25, -0.2) is 4.98 Å². The predicted molar refractivity (Wildman–Crippen MR) is 38.8 cm³/mol. The highest BCUT2D eigenvalue weighted by Gasteiger charge is 2.17. The molecule has 1 aliphatic heterocycles. The Hall–Kier alpha value is -1.32. The van der Waals surface area contributed by atoms with E-state index in [-0.39, 0.29) is 5.56 Å². The molecular weight excluding hydrogens is 144 g/mol. The number of aromatic nitrogens is 2. The molecule has 1 aromatic heterocycles. The maximum atomic E-state index is 11.2. The zero-order valence-corrected chi connectivity index (χ0v) is 6.18. The van der Waals surface area contributed by atoms with Gasteiger partial charge in [0.1, 0.15) is 5.82 Å². The Morgan fingerprint density at radius 2 is 2.45 bits per heavy atom. The predicted octanol–water partition coefficient (Wildman–Crippen LogP) is 0.0132. The van der Waals surface area contributed by atoms with E-state index >= 15 is 0 Å². The van der Waals surface area contributed by atoms with Crippen LogP contribution in [-0.2, 0) is 6.42 Å². The van der Waals surface area contributed by atoms with E-state index in [4.69, 9.17) is 4.74 Å². The lowest BCUT2D eigenvalue weighted by Gasteiger charge is -1.96. The summed E-state index contributed by atoms with van der Waals surface area (Å²) in [6.45, 7) is 2.32. The minimum absolute atomic E-state index is 0.0648. The quantitative estimate of drug-likeness (QED) is 0.570. The summed E-state index contributed by atoms with van der Waals surface area (Å²) >= 11 is 0. The molecular formula is C7H8N2O2. The van der Waals surface area contributed by atoms with Gasteiger partial charge in [-0.3, -0.25) is 4.79 Å². The van der Waals surface area contributed by atoms with E-state index in [0.29, 0.717) is 30.3 Å². The molecule has 0 aliphatic carbocycles. The fourth-order valence-corrected chi connectivity index (χ4v) is 1.17.